The van der Waals surface area contributed by atoms with E-state index in [0.29, 0.717) is 23.3 Å². The van der Waals surface area contributed by atoms with Crippen LogP contribution in [0, 0.1) is 18.8 Å². The minimum atomic E-state index is -3.53. The molecule has 4 heteroatoms. The molecule has 1 fully saturated rings. The molecule has 0 saturated heterocycles. The molecule has 2 aromatic carbocycles. The second-order valence-electron chi connectivity index (χ2n) is 8.58. The Balaban J connectivity index is 1.53. The molecule has 1 aliphatic heterocycles. The highest BCUT2D eigenvalue weighted by Gasteiger charge is 2.45. The van der Waals surface area contributed by atoms with Crippen LogP contribution in [0.1, 0.15) is 42.7 Å². The predicted octanol–water partition coefficient (Wildman–Crippen LogP) is 5.41. The van der Waals surface area contributed by atoms with E-state index in [2.05, 4.69) is 36.4 Å². The van der Waals surface area contributed by atoms with Crippen LogP contribution in [-0.2, 0) is 10.0 Å². The Hall–Kier alpha value is -2.33. The summed E-state index contributed by atoms with van der Waals surface area (Å²) in [5.74, 6) is 1.17. The minimum Gasteiger partial charge on any atom is -0.273 e. The molecule has 150 valence electrons. The van der Waals surface area contributed by atoms with Crippen molar-refractivity contribution in [3.05, 3.63) is 89.1 Å². The van der Waals surface area contributed by atoms with E-state index < -0.39 is 10.0 Å². The zero-order chi connectivity index (χ0) is 20.0. The minimum absolute atomic E-state index is 0.237. The van der Waals surface area contributed by atoms with Gasteiger partial charge in [-0.2, -0.15) is 0 Å². The summed E-state index contributed by atoms with van der Waals surface area (Å²) in [6.45, 7) is 2.50. The Morgan fingerprint density at radius 2 is 1.69 bits per heavy atom. The molecule has 0 unspecified atom stereocenters. The van der Waals surface area contributed by atoms with Gasteiger partial charge < -0.3 is 0 Å². The highest BCUT2D eigenvalue weighted by molar-refractivity contribution is 7.89. The first-order valence-electron chi connectivity index (χ1n) is 10.6. The Kier molecular flexibility index (Phi) is 4.62. The number of allylic oxidation sites excluding steroid dienone is 2. The summed E-state index contributed by atoms with van der Waals surface area (Å²) >= 11 is 0. The molecule has 2 aliphatic carbocycles. The smallest absolute Gasteiger partial charge is 0.263 e. The molecule has 0 bridgehead atoms. The number of nitrogens with zero attached hydrogens (tertiary/aromatic N) is 1. The van der Waals surface area contributed by atoms with Gasteiger partial charge in [0.2, 0.25) is 0 Å². The van der Waals surface area contributed by atoms with Crippen molar-refractivity contribution in [2.75, 3.05) is 6.54 Å². The van der Waals surface area contributed by atoms with E-state index in [1.807, 2.05) is 19.1 Å². The Morgan fingerprint density at radius 3 is 2.45 bits per heavy atom. The first-order chi connectivity index (χ1) is 14.1. The number of fused-ring (bicyclic) bond motifs is 2. The molecule has 3 nitrogen and oxygen atoms in total. The molecule has 29 heavy (non-hydrogen) atoms. The normalized spacial score (nSPS) is 26.4. The van der Waals surface area contributed by atoms with Crippen LogP contribution in [0.15, 0.2) is 82.9 Å². The second kappa shape index (κ2) is 7.17. The van der Waals surface area contributed by atoms with E-state index in [4.69, 9.17) is 0 Å². The number of hydrogen-bond donors (Lipinski definition) is 0. The third-order valence-corrected chi connectivity index (χ3v) is 8.66. The van der Waals surface area contributed by atoms with Crippen LogP contribution in [0.25, 0.3) is 0 Å². The lowest BCUT2D eigenvalue weighted by Crippen LogP contribution is -2.36. The third-order valence-electron chi connectivity index (χ3n) is 6.91. The summed E-state index contributed by atoms with van der Waals surface area (Å²) in [5.41, 5.74) is 5.40. The Morgan fingerprint density at radius 1 is 0.931 bits per heavy atom. The van der Waals surface area contributed by atoms with Gasteiger partial charge in [-0.15, -0.1) is 0 Å². The van der Waals surface area contributed by atoms with E-state index in [1.165, 1.54) is 30.4 Å². The fraction of sp³-hybridized carbons (Fsp3) is 0.360. The average Bonchev–Trinajstić information content (AvgIpc) is 3.08. The fourth-order valence-corrected chi connectivity index (χ4v) is 6.86. The number of sulfonamides is 1. The SMILES string of the molecule is Cc1ccc(S(=O)(=O)N2C=CC3=C4CCCC[C@H]4[C@@H](c4ccccc4)[C@@H]3C2)cc1. The van der Waals surface area contributed by atoms with Gasteiger partial charge in [-0.3, -0.25) is 4.31 Å². The van der Waals surface area contributed by atoms with Gasteiger partial charge in [0.15, 0.2) is 0 Å². The molecule has 0 amide bonds. The maximum atomic E-state index is 13.3. The van der Waals surface area contributed by atoms with Gasteiger partial charge in [0.1, 0.15) is 0 Å². The molecule has 3 aliphatic rings. The largest absolute Gasteiger partial charge is 0.273 e. The van der Waals surface area contributed by atoms with Crippen molar-refractivity contribution in [2.24, 2.45) is 11.8 Å². The molecule has 2 aromatic rings. The van der Waals surface area contributed by atoms with Gasteiger partial charge >= 0.3 is 0 Å². The molecule has 0 spiro atoms. The van der Waals surface area contributed by atoms with Crippen LogP contribution in [-0.4, -0.2) is 19.3 Å². The van der Waals surface area contributed by atoms with E-state index in [0.717, 1.165) is 12.0 Å². The van der Waals surface area contributed by atoms with Crippen LogP contribution in [0.3, 0.4) is 0 Å². The van der Waals surface area contributed by atoms with Crippen molar-refractivity contribution in [3.8, 4) is 0 Å². The lowest BCUT2D eigenvalue weighted by atomic mass is 9.75. The molecular formula is C25H27NO2S. The fourth-order valence-electron chi connectivity index (χ4n) is 5.53. The monoisotopic (exact) mass is 405 g/mol. The predicted molar refractivity (Wildman–Crippen MR) is 116 cm³/mol. The summed E-state index contributed by atoms with van der Waals surface area (Å²) in [4.78, 5) is 0.371. The topological polar surface area (TPSA) is 37.4 Å². The summed E-state index contributed by atoms with van der Waals surface area (Å²) in [5, 5.41) is 0. The van der Waals surface area contributed by atoms with Gasteiger partial charge in [0.05, 0.1) is 4.90 Å². The lowest BCUT2D eigenvalue weighted by molar-refractivity contribution is 0.332. The molecule has 1 heterocycles. The van der Waals surface area contributed by atoms with Crippen LogP contribution in [0.2, 0.25) is 0 Å². The quantitative estimate of drug-likeness (QED) is 0.684. The van der Waals surface area contributed by atoms with Gasteiger partial charge in [-0.1, -0.05) is 60.0 Å². The maximum absolute atomic E-state index is 13.3. The van der Waals surface area contributed by atoms with Gasteiger partial charge in [-0.05, 0) is 67.4 Å². The summed E-state index contributed by atoms with van der Waals surface area (Å²) in [6.07, 6.45) is 8.79. The summed E-state index contributed by atoms with van der Waals surface area (Å²) in [7, 11) is -3.53. The third kappa shape index (κ3) is 3.14. The van der Waals surface area contributed by atoms with Crippen molar-refractivity contribution in [3.63, 3.8) is 0 Å². The molecule has 0 aromatic heterocycles. The van der Waals surface area contributed by atoms with E-state index in [-0.39, 0.29) is 5.92 Å². The number of benzene rings is 2. The standard InChI is InChI=1S/C25H27NO2S/c1-18-11-13-20(14-12-18)29(27,28)26-16-15-22-21-9-5-6-10-23(21)25(24(22)17-26)19-7-3-2-4-8-19/h2-4,7-8,11-16,23-25H,5-6,9-10,17H2,1H3/t23-,24-,25-/m1/s1. The first-order valence-corrected chi connectivity index (χ1v) is 12.0. The highest BCUT2D eigenvalue weighted by Crippen LogP contribution is 2.55. The van der Waals surface area contributed by atoms with E-state index in [9.17, 15) is 8.42 Å². The molecule has 1 saturated carbocycles. The number of rotatable bonds is 3. The van der Waals surface area contributed by atoms with Gasteiger partial charge in [0.25, 0.3) is 10.0 Å². The first kappa shape index (κ1) is 18.7. The van der Waals surface area contributed by atoms with Crippen LogP contribution < -0.4 is 0 Å². The van der Waals surface area contributed by atoms with Crippen molar-refractivity contribution in [1.29, 1.82) is 0 Å². The molecular weight excluding hydrogens is 378 g/mol. The molecule has 3 atom stereocenters. The van der Waals surface area contributed by atoms with Crippen LogP contribution in [0.4, 0.5) is 0 Å². The van der Waals surface area contributed by atoms with E-state index >= 15 is 0 Å². The second-order valence-corrected chi connectivity index (χ2v) is 10.5. The van der Waals surface area contributed by atoms with Crippen molar-refractivity contribution in [1.82, 2.24) is 4.31 Å². The van der Waals surface area contributed by atoms with Crippen molar-refractivity contribution in [2.45, 2.75) is 43.4 Å². The van der Waals surface area contributed by atoms with Crippen LogP contribution in [0.5, 0.6) is 0 Å². The van der Waals surface area contributed by atoms with Gasteiger partial charge in [0, 0.05) is 18.7 Å². The summed E-state index contributed by atoms with van der Waals surface area (Å²) in [6, 6.07) is 17.9. The Labute approximate surface area is 173 Å². The molecule has 0 radical (unpaired) electrons. The molecule has 5 rings (SSSR count). The van der Waals surface area contributed by atoms with E-state index in [1.54, 1.807) is 28.2 Å². The molecule has 0 N–H and O–H groups in total. The number of hydrogen-bond acceptors (Lipinski definition) is 2. The zero-order valence-corrected chi connectivity index (χ0v) is 17.6. The summed E-state index contributed by atoms with van der Waals surface area (Å²) < 4.78 is 28.2. The zero-order valence-electron chi connectivity index (χ0n) is 16.8. The number of aryl methyl sites for hydroxylation is 1. The van der Waals surface area contributed by atoms with Crippen molar-refractivity contribution < 1.29 is 8.42 Å². The average molecular weight is 406 g/mol. The van der Waals surface area contributed by atoms with Crippen molar-refractivity contribution >= 4 is 10.0 Å². The Bertz CT molecular complexity index is 1070. The maximum Gasteiger partial charge on any atom is 0.263 e. The highest BCUT2D eigenvalue weighted by atomic mass is 32.2. The van der Waals surface area contributed by atoms with Gasteiger partial charge in [-0.25, -0.2) is 8.42 Å². The van der Waals surface area contributed by atoms with Crippen LogP contribution >= 0.6 is 0 Å². The lowest BCUT2D eigenvalue weighted by Gasteiger charge is -2.34.